The van der Waals surface area contributed by atoms with E-state index in [9.17, 15) is 24.6 Å². The minimum absolute atomic E-state index is 0.0685. The molecule has 2 bridgehead atoms. The van der Waals surface area contributed by atoms with Gasteiger partial charge in [0.05, 0.1) is 35.3 Å². The topological polar surface area (TPSA) is 115 Å². The number of hydrogen-bond acceptors (Lipinski definition) is 5. The number of carboxylic acids is 1. The van der Waals surface area contributed by atoms with Crippen molar-refractivity contribution in [2.24, 2.45) is 23.7 Å². The second kappa shape index (κ2) is 4.62. The largest absolute Gasteiger partial charge is 0.478 e. The van der Waals surface area contributed by atoms with Crippen molar-refractivity contribution >= 4 is 23.5 Å². The van der Waals surface area contributed by atoms with Crippen LogP contribution in [0.3, 0.4) is 0 Å². The molecule has 2 aliphatic carbocycles. The molecule has 1 saturated heterocycles. The molecule has 1 aromatic rings. The number of nitrogens with zero attached hydrogens (tertiary/aromatic N) is 1. The number of benzene rings is 1. The van der Waals surface area contributed by atoms with Crippen molar-refractivity contribution in [2.45, 2.75) is 18.6 Å². The Kier molecular flexibility index (Phi) is 2.88. The molecule has 3 fully saturated rings. The number of aromatic carboxylic acids is 1. The van der Waals surface area contributed by atoms with Gasteiger partial charge in [-0.3, -0.25) is 14.5 Å². The Morgan fingerprint density at radius 1 is 0.957 bits per heavy atom. The van der Waals surface area contributed by atoms with Crippen LogP contribution in [0.15, 0.2) is 24.3 Å². The molecule has 2 amide bonds. The maximum atomic E-state index is 12.7. The summed E-state index contributed by atoms with van der Waals surface area (Å²) in [6.07, 6.45) is -1.44. The number of anilines is 1. The SMILES string of the molecule is O=C(O)c1ccc(N2C(=O)[C@@H]3[C@@H]4C[C@@H]([C@@H](O)[C@@H]4O)[C@@H]3C2=O)cc1. The van der Waals surface area contributed by atoms with Gasteiger partial charge in [0.25, 0.3) is 0 Å². The number of imide groups is 1. The molecule has 1 aliphatic heterocycles. The quantitative estimate of drug-likeness (QED) is 0.654. The zero-order valence-corrected chi connectivity index (χ0v) is 12.0. The summed E-state index contributed by atoms with van der Waals surface area (Å²) < 4.78 is 0. The van der Waals surface area contributed by atoms with E-state index in [1.54, 1.807) is 0 Å². The van der Waals surface area contributed by atoms with E-state index < -0.39 is 30.0 Å². The number of aliphatic hydroxyl groups excluding tert-OH is 2. The van der Waals surface area contributed by atoms with E-state index in [2.05, 4.69) is 0 Å². The fourth-order valence-electron chi connectivity index (χ4n) is 4.44. The zero-order chi connectivity index (χ0) is 16.5. The van der Waals surface area contributed by atoms with Crippen LogP contribution in [0.4, 0.5) is 5.69 Å². The lowest BCUT2D eigenvalue weighted by Crippen LogP contribution is -2.43. The van der Waals surface area contributed by atoms with Gasteiger partial charge in [0.1, 0.15) is 0 Å². The van der Waals surface area contributed by atoms with Crippen molar-refractivity contribution in [3.8, 4) is 0 Å². The number of rotatable bonds is 2. The van der Waals surface area contributed by atoms with E-state index in [1.165, 1.54) is 24.3 Å². The summed E-state index contributed by atoms with van der Waals surface area (Å²) in [7, 11) is 0. The number of carboxylic acid groups (broad SMARTS) is 1. The van der Waals surface area contributed by atoms with Crippen molar-refractivity contribution in [3.05, 3.63) is 29.8 Å². The first-order valence-electron chi connectivity index (χ1n) is 7.49. The number of carbonyl (C=O) groups excluding carboxylic acids is 2. The van der Waals surface area contributed by atoms with Crippen LogP contribution in [-0.4, -0.2) is 45.3 Å². The van der Waals surface area contributed by atoms with Gasteiger partial charge in [-0.25, -0.2) is 4.79 Å². The van der Waals surface area contributed by atoms with E-state index in [0.717, 1.165) is 4.90 Å². The van der Waals surface area contributed by atoms with Gasteiger partial charge in [0, 0.05) is 11.8 Å². The third kappa shape index (κ3) is 1.74. The normalized spacial score (nSPS) is 38.3. The van der Waals surface area contributed by atoms with Crippen molar-refractivity contribution < 1.29 is 29.7 Å². The van der Waals surface area contributed by atoms with Crippen LogP contribution in [0.1, 0.15) is 16.8 Å². The van der Waals surface area contributed by atoms with Crippen LogP contribution >= 0.6 is 0 Å². The van der Waals surface area contributed by atoms with Crippen LogP contribution in [0.2, 0.25) is 0 Å². The Bertz CT molecular complexity index is 682. The molecule has 3 aliphatic rings. The molecule has 3 N–H and O–H groups in total. The second-order valence-corrected chi connectivity index (χ2v) is 6.46. The third-order valence-electron chi connectivity index (χ3n) is 5.46. The summed E-state index contributed by atoms with van der Waals surface area (Å²) >= 11 is 0. The van der Waals surface area contributed by atoms with Gasteiger partial charge >= 0.3 is 5.97 Å². The lowest BCUT2D eigenvalue weighted by molar-refractivity contribution is -0.129. The van der Waals surface area contributed by atoms with E-state index in [4.69, 9.17) is 5.11 Å². The standard InChI is InChI=1S/C16H15NO6/c18-12-8-5-9(13(12)19)11-10(8)14(20)17(15(11)21)7-3-1-6(2-4-7)16(22)23/h1-4,8-13,18-19H,5H2,(H,22,23)/t8-,9+,10+,11-,12-,13-/m1/s1. The van der Waals surface area contributed by atoms with Crippen molar-refractivity contribution in [3.63, 3.8) is 0 Å². The molecule has 0 aromatic heterocycles. The van der Waals surface area contributed by atoms with Gasteiger partial charge < -0.3 is 15.3 Å². The highest BCUT2D eigenvalue weighted by molar-refractivity contribution is 6.22. The average molecular weight is 317 g/mol. The molecule has 4 rings (SSSR count). The van der Waals surface area contributed by atoms with Crippen LogP contribution < -0.4 is 4.90 Å². The molecule has 0 radical (unpaired) electrons. The summed E-state index contributed by atoms with van der Waals surface area (Å²) in [6.45, 7) is 0. The van der Waals surface area contributed by atoms with Gasteiger partial charge in [-0.05, 0) is 30.7 Å². The molecule has 1 heterocycles. The Balaban J connectivity index is 1.68. The van der Waals surface area contributed by atoms with E-state index in [0.29, 0.717) is 12.1 Å². The molecule has 0 unspecified atom stereocenters. The van der Waals surface area contributed by atoms with Gasteiger partial charge in [-0.15, -0.1) is 0 Å². The molecule has 7 heteroatoms. The predicted molar refractivity (Wildman–Crippen MR) is 76.5 cm³/mol. The zero-order valence-electron chi connectivity index (χ0n) is 12.0. The summed E-state index contributed by atoms with van der Waals surface area (Å²) in [4.78, 5) is 37.3. The van der Waals surface area contributed by atoms with Gasteiger partial charge in [0.2, 0.25) is 11.8 Å². The minimum atomic E-state index is -1.09. The lowest BCUT2D eigenvalue weighted by atomic mass is 9.78. The van der Waals surface area contributed by atoms with Crippen LogP contribution in [-0.2, 0) is 9.59 Å². The summed E-state index contributed by atoms with van der Waals surface area (Å²) in [5.41, 5.74) is 0.390. The van der Waals surface area contributed by atoms with E-state index in [1.807, 2.05) is 0 Å². The fourth-order valence-corrected chi connectivity index (χ4v) is 4.44. The highest BCUT2D eigenvalue weighted by atomic mass is 16.4. The number of aliphatic hydroxyl groups is 2. The van der Waals surface area contributed by atoms with Crippen LogP contribution in [0.5, 0.6) is 0 Å². The molecule has 6 atom stereocenters. The minimum Gasteiger partial charge on any atom is -0.478 e. The molecule has 0 spiro atoms. The molecule has 7 nitrogen and oxygen atoms in total. The first-order chi connectivity index (χ1) is 10.9. The Morgan fingerprint density at radius 3 is 1.87 bits per heavy atom. The Labute approximate surface area is 131 Å². The molecule has 120 valence electrons. The van der Waals surface area contributed by atoms with Gasteiger partial charge in [-0.1, -0.05) is 0 Å². The fraction of sp³-hybridized carbons (Fsp3) is 0.438. The highest BCUT2D eigenvalue weighted by Gasteiger charge is 2.67. The molecular weight excluding hydrogens is 302 g/mol. The van der Waals surface area contributed by atoms with Crippen molar-refractivity contribution in [2.75, 3.05) is 4.90 Å². The maximum absolute atomic E-state index is 12.7. The smallest absolute Gasteiger partial charge is 0.335 e. The number of carbonyl (C=O) groups is 3. The number of hydrogen-bond donors (Lipinski definition) is 3. The van der Waals surface area contributed by atoms with Crippen molar-refractivity contribution in [1.29, 1.82) is 0 Å². The molecule has 1 aromatic carbocycles. The molecule has 2 saturated carbocycles. The average Bonchev–Trinajstić information content (AvgIpc) is 3.12. The first-order valence-corrected chi connectivity index (χ1v) is 7.49. The maximum Gasteiger partial charge on any atom is 0.335 e. The van der Waals surface area contributed by atoms with Crippen LogP contribution in [0, 0.1) is 23.7 Å². The number of amides is 2. The first kappa shape index (κ1) is 14.3. The lowest BCUT2D eigenvalue weighted by Gasteiger charge is -2.29. The Hall–Kier alpha value is -2.25. The van der Waals surface area contributed by atoms with E-state index in [-0.39, 0.29) is 29.2 Å². The summed E-state index contributed by atoms with van der Waals surface area (Å²) in [5, 5.41) is 28.9. The van der Waals surface area contributed by atoms with Crippen LogP contribution in [0.25, 0.3) is 0 Å². The predicted octanol–water partition coefficient (Wildman–Crippen LogP) is -0.138. The summed E-state index contributed by atoms with van der Waals surface area (Å²) in [5.74, 6) is -3.80. The summed E-state index contributed by atoms with van der Waals surface area (Å²) in [6, 6.07) is 5.53. The molecule has 23 heavy (non-hydrogen) atoms. The highest BCUT2D eigenvalue weighted by Crippen LogP contribution is 2.56. The monoisotopic (exact) mass is 317 g/mol. The van der Waals surface area contributed by atoms with Gasteiger partial charge in [-0.2, -0.15) is 0 Å². The van der Waals surface area contributed by atoms with E-state index >= 15 is 0 Å². The third-order valence-corrected chi connectivity index (χ3v) is 5.46. The molecular formula is C16H15NO6. The second-order valence-electron chi connectivity index (χ2n) is 6.46. The number of fused-ring (bicyclic) bond motifs is 5. The Morgan fingerprint density at radius 2 is 1.43 bits per heavy atom. The van der Waals surface area contributed by atoms with Crippen molar-refractivity contribution in [1.82, 2.24) is 0 Å². The van der Waals surface area contributed by atoms with Gasteiger partial charge in [0.15, 0.2) is 0 Å².